The Kier molecular flexibility index (Phi) is 4.26. The minimum absolute atomic E-state index is 0.0860. The molecule has 27 heavy (non-hydrogen) atoms. The molecule has 3 unspecified atom stereocenters. The van der Waals surface area contributed by atoms with Crippen molar-refractivity contribution in [2.75, 3.05) is 0 Å². The van der Waals surface area contributed by atoms with Gasteiger partial charge >= 0.3 is 5.97 Å². The number of esters is 1. The number of carbonyl (C=O) groups is 2. The highest BCUT2D eigenvalue weighted by molar-refractivity contribution is 6.31. The molecule has 0 saturated carbocycles. The lowest BCUT2D eigenvalue weighted by atomic mass is 9.81. The lowest BCUT2D eigenvalue weighted by Gasteiger charge is -2.38. The number of hydrogen-bond acceptors (Lipinski definition) is 5. The van der Waals surface area contributed by atoms with Gasteiger partial charge in [-0.3, -0.25) is 9.59 Å². The van der Waals surface area contributed by atoms with E-state index in [0.717, 1.165) is 12.0 Å². The maximum absolute atomic E-state index is 12.9. The zero-order valence-electron chi connectivity index (χ0n) is 15.9. The van der Waals surface area contributed by atoms with Crippen LogP contribution in [0.2, 0.25) is 0 Å². The predicted molar refractivity (Wildman–Crippen MR) is 102 cm³/mol. The summed E-state index contributed by atoms with van der Waals surface area (Å²) >= 11 is 6.43. The predicted octanol–water partition coefficient (Wildman–Crippen LogP) is 4.63. The summed E-state index contributed by atoms with van der Waals surface area (Å²) < 4.78 is 17.9. The molecule has 0 N–H and O–H groups in total. The van der Waals surface area contributed by atoms with E-state index in [9.17, 15) is 9.59 Å². The Labute approximate surface area is 163 Å². The molecule has 0 fully saturated rings. The first-order chi connectivity index (χ1) is 12.7. The Morgan fingerprint density at radius 3 is 2.67 bits per heavy atom. The average molecular weight is 391 g/mol. The van der Waals surface area contributed by atoms with Gasteiger partial charge in [-0.15, -0.1) is 11.6 Å². The third-order valence-corrected chi connectivity index (χ3v) is 5.75. The van der Waals surface area contributed by atoms with Gasteiger partial charge in [0.15, 0.2) is 11.5 Å². The molecular weight excluding hydrogens is 368 g/mol. The SMILES string of the molecule is CCCC1c2c3c(c4c(c2OC(=O)C1Cl)C(=O)CC(C)O4)C=CC(C)(C)O3. The van der Waals surface area contributed by atoms with E-state index in [1.165, 1.54) is 0 Å². The lowest BCUT2D eigenvalue weighted by molar-refractivity contribution is -0.135. The van der Waals surface area contributed by atoms with Crippen LogP contribution in [0, 0.1) is 0 Å². The van der Waals surface area contributed by atoms with Gasteiger partial charge in [0.2, 0.25) is 0 Å². The molecule has 5 nitrogen and oxygen atoms in total. The Morgan fingerprint density at radius 2 is 1.96 bits per heavy atom. The molecule has 0 aliphatic carbocycles. The number of rotatable bonds is 2. The summed E-state index contributed by atoms with van der Waals surface area (Å²) in [6, 6.07) is 0. The summed E-state index contributed by atoms with van der Waals surface area (Å²) in [6.45, 7) is 7.79. The maximum Gasteiger partial charge on any atom is 0.330 e. The molecule has 0 amide bonds. The molecule has 4 rings (SSSR count). The van der Waals surface area contributed by atoms with Crippen molar-refractivity contribution in [3.8, 4) is 17.2 Å². The van der Waals surface area contributed by atoms with Gasteiger partial charge in [0, 0.05) is 17.9 Å². The number of benzene rings is 1. The van der Waals surface area contributed by atoms with E-state index in [1.54, 1.807) is 0 Å². The Bertz CT molecular complexity index is 870. The lowest BCUT2D eigenvalue weighted by Crippen LogP contribution is -2.37. The van der Waals surface area contributed by atoms with Gasteiger partial charge in [-0.25, -0.2) is 0 Å². The summed E-state index contributed by atoms with van der Waals surface area (Å²) in [5, 5.41) is -0.809. The number of carbonyl (C=O) groups excluding carboxylic acids is 2. The van der Waals surface area contributed by atoms with Crippen LogP contribution in [0.4, 0.5) is 0 Å². The summed E-state index contributed by atoms with van der Waals surface area (Å²) in [7, 11) is 0. The normalized spacial score (nSPS) is 27.7. The van der Waals surface area contributed by atoms with Crippen LogP contribution >= 0.6 is 11.6 Å². The molecule has 3 aliphatic rings. The van der Waals surface area contributed by atoms with Crippen molar-refractivity contribution in [1.82, 2.24) is 0 Å². The van der Waals surface area contributed by atoms with Crippen LogP contribution in [0.25, 0.3) is 6.08 Å². The molecule has 3 atom stereocenters. The van der Waals surface area contributed by atoms with Gasteiger partial charge in [-0.1, -0.05) is 13.3 Å². The zero-order valence-corrected chi connectivity index (χ0v) is 16.7. The van der Waals surface area contributed by atoms with Crippen LogP contribution in [-0.4, -0.2) is 28.8 Å². The van der Waals surface area contributed by atoms with Crippen molar-refractivity contribution in [1.29, 1.82) is 0 Å². The number of Topliss-reactive ketones (excluding diaryl/α,β-unsaturated/α-hetero) is 1. The van der Waals surface area contributed by atoms with Crippen LogP contribution in [0.5, 0.6) is 17.2 Å². The van der Waals surface area contributed by atoms with E-state index >= 15 is 0 Å². The van der Waals surface area contributed by atoms with Crippen LogP contribution in [0.1, 0.15) is 74.4 Å². The first-order valence-electron chi connectivity index (χ1n) is 9.41. The minimum atomic E-state index is -0.809. The molecule has 6 heteroatoms. The summed E-state index contributed by atoms with van der Waals surface area (Å²) in [5.41, 5.74) is 1.26. The van der Waals surface area contributed by atoms with E-state index in [1.807, 2.05) is 39.8 Å². The smallest absolute Gasteiger partial charge is 0.330 e. The van der Waals surface area contributed by atoms with E-state index in [-0.39, 0.29) is 30.0 Å². The Morgan fingerprint density at radius 1 is 1.22 bits per heavy atom. The largest absolute Gasteiger partial charge is 0.489 e. The number of ketones is 1. The maximum atomic E-state index is 12.9. The van der Waals surface area contributed by atoms with Crippen molar-refractivity contribution in [2.45, 2.75) is 70.0 Å². The number of fused-ring (bicyclic) bond motifs is 6. The van der Waals surface area contributed by atoms with Crippen LogP contribution in [0.15, 0.2) is 6.08 Å². The molecule has 0 spiro atoms. The van der Waals surface area contributed by atoms with Crippen molar-refractivity contribution >= 4 is 29.4 Å². The molecule has 0 aromatic heterocycles. The third-order valence-electron chi connectivity index (χ3n) is 5.27. The van der Waals surface area contributed by atoms with Crippen LogP contribution in [0.3, 0.4) is 0 Å². The van der Waals surface area contributed by atoms with Gasteiger partial charge in [-0.2, -0.15) is 0 Å². The Hall–Kier alpha value is -2.01. The summed E-state index contributed by atoms with van der Waals surface area (Å²) in [4.78, 5) is 25.3. The number of ether oxygens (including phenoxy) is 3. The highest BCUT2D eigenvalue weighted by Crippen LogP contribution is 2.55. The van der Waals surface area contributed by atoms with Crippen molar-refractivity contribution in [3.63, 3.8) is 0 Å². The highest BCUT2D eigenvalue weighted by atomic mass is 35.5. The average Bonchev–Trinajstić information content (AvgIpc) is 2.57. The molecule has 0 radical (unpaired) electrons. The van der Waals surface area contributed by atoms with Gasteiger partial charge in [0.1, 0.15) is 34.1 Å². The second-order valence-corrected chi connectivity index (χ2v) is 8.47. The van der Waals surface area contributed by atoms with Gasteiger partial charge < -0.3 is 14.2 Å². The first kappa shape index (κ1) is 18.4. The minimum Gasteiger partial charge on any atom is -0.489 e. The quantitative estimate of drug-likeness (QED) is 0.418. The Balaban J connectivity index is 2.05. The molecule has 0 saturated heterocycles. The molecular formula is C21H23ClO5. The monoisotopic (exact) mass is 390 g/mol. The van der Waals surface area contributed by atoms with E-state index in [0.29, 0.717) is 29.0 Å². The summed E-state index contributed by atoms with van der Waals surface area (Å²) in [6.07, 6.45) is 5.41. The molecule has 1 aromatic carbocycles. The van der Waals surface area contributed by atoms with Gasteiger partial charge in [-0.05, 0) is 39.3 Å². The molecule has 3 aliphatic heterocycles. The molecule has 144 valence electrons. The van der Waals surface area contributed by atoms with E-state index < -0.39 is 16.9 Å². The van der Waals surface area contributed by atoms with Crippen molar-refractivity contribution < 1.29 is 23.8 Å². The number of alkyl halides is 1. The second-order valence-electron chi connectivity index (χ2n) is 8.00. The fourth-order valence-electron chi connectivity index (χ4n) is 4.06. The number of hydrogen-bond donors (Lipinski definition) is 0. The summed E-state index contributed by atoms with van der Waals surface area (Å²) in [5.74, 6) is 0.428. The van der Waals surface area contributed by atoms with Gasteiger partial charge in [0.05, 0.1) is 5.56 Å². The van der Waals surface area contributed by atoms with Crippen molar-refractivity contribution in [2.24, 2.45) is 0 Å². The standard InChI is InChI=1S/C21H23ClO5/c1-5-6-11-14-18-12(7-8-21(3,4)27-18)17-15(13(23)9-10(2)25-17)19(14)26-20(24)16(11)22/h7-8,10-11,16H,5-6,9H2,1-4H3. The van der Waals surface area contributed by atoms with E-state index in [4.69, 9.17) is 25.8 Å². The van der Waals surface area contributed by atoms with Crippen molar-refractivity contribution in [3.05, 3.63) is 22.8 Å². The highest BCUT2D eigenvalue weighted by Gasteiger charge is 2.45. The van der Waals surface area contributed by atoms with Gasteiger partial charge in [0.25, 0.3) is 0 Å². The topological polar surface area (TPSA) is 61.8 Å². The first-order valence-corrected chi connectivity index (χ1v) is 9.85. The number of halogens is 1. The fraction of sp³-hybridized carbons (Fsp3) is 0.524. The zero-order chi connectivity index (χ0) is 19.5. The van der Waals surface area contributed by atoms with E-state index in [2.05, 4.69) is 0 Å². The molecule has 3 heterocycles. The van der Waals surface area contributed by atoms with Crippen LogP contribution in [-0.2, 0) is 4.79 Å². The van der Waals surface area contributed by atoms with Crippen LogP contribution < -0.4 is 14.2 Å². The third kappa shape index (κ3) is 2.83. The second kappa shape index (κ2) is 6.26. The molecule has 0 bridgehead atoms. The fourth-order valence-corrected chi connectivity index (χ4v) is 4.36. The molecule has 1 aromatic rings.